The number of hydrogen-bond donors (Lipinski definition) is 1. The van der Waals surface area contributed by atoms with E-state index in [-0.39, 0.29) is 0 Å². The van der Waals surface area contributed by atoms with Crippen LogP contribution in [0.5, 0.6) is 0 Å². The highest BCUT2D eigenvalue weighted by Gasteiger charge is 2.38. The predicted octanol–water partition coefficient (Wildman–Crippen LogP) is 3.74. The van der Waals surface area contributed by atoms with Gasteiger partial charge < -0.3 is 4.42 Å². The van der Waals surface area contributed by atoms with Crippen LogP contribution in [0.1, 0.15) is 32.6 Å². The Morgan fingerprint density at radius 2 is 1.94 bits per heavy atom. The standard InChI is InChI=1S/C10H14Cl3NO2S/c1-9(2,3)17(15)14-8(10(11,12)13)7-5-4-6-16-7/h4-6,8,14H,1-3H3/t8-,17?/m0/s1. The van der Waals surface area contributed by atoms with E-state index in [0.29, 0.717) is 5.76 Å². The van der Waals surface area contributed by atoms with Gasteiger partial charge in [-0.25, -0.2) is 8.93 Å². The van der Waals surface area contributed by atoms with Crippen LogP contribution in [0.3, 0.4) is 0 Å². The number of halogens is 3. The number of nitrogens with one attached hydrogen (secondary N) is 1. The molecule has 1 N–H and O–H groups in total. The van der Waals surface area contributed by atoms with Crippen LogP contribution in [0, 0.1) is 0 Å². The maximum absolute atomic E-state index is 12.0. The zero-order valence-corrected chi connectivity index (χ0v) is 12.8. The summed E-state index contributed by atoms with van der Waals surface area (Å²) >= 11 is 17.6. The highest BCUT2D eigenvalue weighted by atomic mass is 35.6. The van der Waals surface area contributed by atoms with E-state index in [9.17, 15) is 4.21 Å². The lowest BCUT2D eigenvalue weighted by Crippen LogP contribution is -2.40. The third-order valence-electron chi connectivity index (χ3n) is 1.94. The van der Waals surface area contributed by atoms with Crippen molar-refractivity contribution in [2.24, 2.45) is 0 Å². The summed E-state index contributed by atoms with van der Waals surface area (Å²) in [5.74, 6) is 0.433. The molecule has 1 heterocycles. The van der Waals surface area contributed by atoms with Crippen molar-refractivity contribution in [1.82, 2.24) is 4.72 Å². The van der Waals surface area contributed by atoms with Crippen LogP contribution in [0.15, 0.2) is 22.8 Å². The van der Waals surface area contributed by atoms with Gasteiger partial charge in [-0.1, -0.05) is 34.8 Å². The summed E-state index contributed by atoms with van der Waals surface area (Å²) in [7, 11) is -1.36. The first-order valence-corrected chi connectivity index (χ1v) is 7.19. The molecular formula is C10H14Cl3NO2S. The summed E-state index contributed by atoms with van der Waals surface area (Å²) in [5, 5.41) is 0. The van der Waals surface area contributed by atoms with Crippen LogP contribution in [0.2, 0.25) is 0 Å². The van der Waals surface area contributed by atoms with Crippen molar-refractivity contribution in [2.75, 3.05) is 0 Å². The lowest BCUT2D eigenvalue weighted by molar-refractivity contribution is 0.451. The quantitative estimate of drug-likeness (QED) is 0.863. The molecule has 1 aromatic rings. The van der Waals surface area contributed by atoms with Crippen molar-refractivity contribution in [2.45, 2.75) is 35.4 Å². The number of alkyl halides is 3. The van der Waals surface area contributed by atoms with Crippen molar-refractivity contribution in [3.8, 4) is 0 Å². The van der Waals surface area contributed by atoms with Gasteiger partial charge in [0, 0.05) is 0 Å². The molecule has 3 nitrogen and oxygen atoms in total. The van der Waals surface area contributed by atoms with Gasteiger partial charge in [-0.2, -0.15) is 0 Å². The summed E-state index contributed by atoms with van der Waals surface area (Å²) in [5.41, 5.74) is 0. The van der Waals surface area contributed by atoms with E-state index in [1.54, 1.807) is 12.1 Å². The van der Waals surface area contributed by atoms with Crippen LogP contribution in [0.25, 0.3) is 0 Å². The topological polar surface area (TPSA) is 42.2 Å². The molecule has 17 heavy (non-hydrogen) atoms. The van der Waals surface area contributed by atoms with Gasteiger partial charge in [0.25, 0.3) is 0 Å². The first-order valence-electron chi connectivity index (χ1n) is 4.90. The summed E-state index contributed by atoms with van der Waals surface area (Å²) in [4.78, 5) is 0. The Hall–Kier alpha value is 0.260. The van der Waals surface area contributed by atoms with Crippen molar-refractivity contribution >= 4 is 45.8 Å². The molecule has 1 rings (SSSR count). The van der Waals surface area contributed by atoms with E-state index in [0.717, 1.165) is 0 Å². The fourth-order valence-corrected chi connectivity index (χ4v) is 2.57. The Kier molecular flexibility index (Phi) is 4.95. The van der Waals surface area contributed by atoms with Crippen molar-refractivity contribution < 1.29 is 8.63 Å². The third-order valence-corrected chi connectivity index (χ3v) is 4.15. The Morgan fingerprint density at radius 1 is 1.35 bits per heavy atom. The Bertz CT molecular complexity index is 381. The third kappa shape index (κ3) is 4.45. The summed E-state index contributed by atoms with van der Waals surface area (Å²) < 4.78 is 17.9. The molecule has 0 spiro atoms. The zero-order valence-electron chi connectivity index (χ0n) is 9.67. The van der Waals surface area contributed by atoms with Crippen LogP contribution in [-0.2, 0) is 11.0 Å². The average molecular weight is 319 g/mol. The molecule has 1 aromatic heterocycles. The fraction of sp³-hybridized carbons (Fsp3) is 0.600. The maximum atomic E-state index is 12.0. The Balaban J connectivity index is 2.92. The largest absolute Gasteiger partial charge is 0.467 e. The van der Waals surface area contributed by atoms with Crippen LogP contribution in [0.4, 0.5) is 0 Å². The van der Waals surface area contributed by atoms with Gasteiger partial charge in [-0.05, 0) is 32.9 Å². The predicted molar refractivity (Wildman–Crippen MR) is 72.8 cm³/mol. The number of hydrogen-bond acceptors (Lipinski definition) is 2. The van der Waals surface area contributed by atoms with Crippen LogP contribution >= 0.6 is 34.8 Å². The van der Waals surface area contributed by atoms with E-state index < -0.39 is 25.6 Å². The van der Waals surface area contributed by atoms with E-state index in [1.165, 1.54) is 6.26 Å². The highest BCUT2D eigenvalue weighted by Crippen LogP contribution is 2.40. The average Bonchev–Trinajstić information content (AvgIpc) is 2.62. The number of rotatable bonds is 3. The van der Waals surface area contributed by atoms with Gasteiger partial charge in [-0.3, -0.25) is 0 Å². The van der Waals surface area contributed by atoms with Gasteiger partial charge in [0.1, 0.15) is 11.8 Å². The molecule has 0 radical (unpaired) electrons. The van der Waals surface area contributed by atoms with Gasteiger partial charge in [0.2, 0.25) is 3.79 Å². The molecule has 0 bridgehead atoms. The minimum Gasteiger partial charge on any atom is -0.467 e. The molecule has 1 unspecified atom stereocenters. The van der Waals surface area contributed by atoms with Crippen molar-refractivity contribution in [3.05, 3.63) is 24.2 Å². The van der Waals surface area contributed by atoms with Gasteiger partial charge >= 0.3 is 0 Å². The Labute approximate surface area is 118 Å². The second-order valence-electron chi connectivity index (χ2n) is 4.49. The minimum atomic E-state index is -1.64. The monoisotopic (exact) mass is 317 g/mol. The summed E-state index contributed by atoms with van der Waals surface area (Å²) in [6.45, 7) is 5.48. The number of furan rings is 1. The van der Waals surface area contributed by atoms with E-state index in [2.05, 4.69) is 4.72 Å². The second-order valence-corrected chi connectivity index (χ2v) is 8.86. The Morgan fingerprint density at radius 3 is 2.29 bits per heavy atom. The normalized spacial score (nSPS) is 16.8. The minimum absolute atomic E-state index is 0.433. The van der Waals surface area contributed by atoms with Crippen molar-refractivity contribution in [3.63, 3.8) is 0 Å². The van der Waals surface area contributed by atoms with Crippen molar-refractivity contribution in [1.29, 1.82) is 0 Å². The van der Waals surface area contributed by atoms with Crippen LogP contribution in [-0.4, -0.2) is 12.7 Å². The smallest absolute Gasteiger partial charge is 0.213 e. The first kappa shape index (κ1) is 15.3. The van der Waals surface area contributed by atoms with E-state index in [1.807, 2.05) is 20.8 Å². The van der Waals surface area contributed by atoms with Crippen LogP contribution < -0.4 is 4.72 Å². The molecule has 98 valence electrons. The first-order chi connectivity index (χ1) is 7.62. The molecule has 0 saturated carbocycles. The molecule has 0 aliphatic rings. The lowest BCUT2D eigenvalue weighted by Gasteiger charge is -2.27. The maximum Gasteiger partial charge on any atom is 0.213 e. The van der Waals surface area contributed by atoms with Gasteiger partial charge in [0.05, 0.1) is 22.0 Å². The van der Waals surface area contributed by atoms with E-state index in [4.69, 9.17) is 39.2 Å². The molecule has 0 aromatic carbocycles. The van der Waals surface area contributed by atoms with Gasteiger partial charge in [-0.15, -0.1) is 0 Å². The molecule has 0 saturated heterocycles. The zero-order chi connectivity index (χ0) is 13.3. The molecule has 0 fully saturated rings. The molecular weight excluding hydrogens is 305 g/mol. The molecule has 7 heteroatoms. The molecule has 0 aliphatic heterocycles. The lowest BCUT2D eigenvalue weighted by atomic mass is 10.3. The highest BCUT2D eigenvalue weighted by molar-refractivity contribution is 7.84. The SMILES string of the molecule is CC(C)(C)S(=O)N[C@@H](c1ccco1)C(Cl)(Cl)Cl. The van der Waals surface area contributed by atoms with Gasteiger partial charge in [0.15, 0.2) is 0 Å². The second kappa shape index (κ2) is 5.49. The fourth-order valence-electron chi connectivity index (χ4n) is 1.03. The molecule has 0 amide bonds. The summed E-state index contributed by atoms with van der Waals surface area (Å²) in [6, 6.07) is 2.59. The van der Waals surface area contributed by atoms with E-state index >= 15 is 0 Å². The summed E-state index contributed by atoms with van der Waals surface area (Å²) in [6.07, 6.45) is 1.47. The molecule has 2 atom stereocenters. The molecule has 0 aliphatic carbocycles.